The average molecular weight is 513 g/mol. The maximum atomic E-state index is 12.8. The molecule has 1 aliphatic heterocycles. The Labute approximate surface area is 200 Å². The monoisotopic (exact) mass is 512 g/mol. The lowest BCUT2D eigenvalue weighted by molar-refractivity contribution is -0.118. The Balaban J connectivity index is 1.76. The van der Waals surface area contributed by atoms with E-state index in [-0.39, 0.29) is 5.91 Å². The summed E-state index contributed by atoms with van der Waals surface area (Å²) in [6.07, 6.45) is 4.06. The maximum Gasteiger partial charge on any atom is 0.247 e. The largest absolute Gasteiger partial charge is 0.447 e. The number of ether oxygens (including phenoxy) is 1. The smallest absolute Gasteiger partial charge is 0.247 e. The van der Waals surface area contributed by atoms with Crippen LogP contribution in [0.5, 0.6) is 5.88 Å². The number of fused-ring (bicyclic) bond motifs is 3. The van der Waals surface area contributed by atoms with Gasteiger partial charge in [-0.2, -0.15) is 4.98 Å². The lowest BCUT2D eigenvalue weighted by atomic mass is 10.1. The van der Waals surface area contributed by atoms with Crippen molar-refractivity contribution >= 4 is 39.3 Å². The second-order valence-corrected chi connectivity index (χ2v) is 9.47. The predicted octanol–water partition coefficient (Wildman–Crippen LogP) is 6.42. The number of anilines is 1. The molecule has 6 nitrogen and oxygen atoms in total. The molecule has 8 heteroatoms. The van der Waals surface area contributed by atoms with E-state index in [2.05, 4.69) is 33.1 Å². The zero-order valence-corrected chi connectivity index (χ0v) is 20.5. The highest BCUT2D eigenvalue weighted by molar-refractivity contribution is 9.10. The Morgan fingerprint density at radius 3 is 2.66 bits per heavy atom. The van der Waals surface area contributed by atoms with Crippen LogP contribution in [-0.2, 0) is 4.79 Å². The zero-order chi connectivity index (χ0) is 22.5. The minimum Gasteiger partial charge on any atom is -0.447 e. The molecule has 0 bridgehead atoms. The summed E-state index contributed by atoms with van der Waals surface area (Å²) >= 11 is 5.20. The van der Waals surface area contributed by atoms with E-state index in [4.69, 9.17) is 9.72 Å². The number of hydrogen-bond donors (Lipinski definition) is 0. The molecule has 32 heavy (non-hydrogen) atoms. The van der Waals surface area contributed by atoms with Crippen LogP contribution in [0.4, 0.5) is 5.69 Å². The number of benzene rings is 2. The molecular formula is C24H25BrN4O2S. The summed E-state index contributed by atoms with van der Waals surface area (Å²) < 4.78 is 7.27. The molecule has 0 saturated carbocycles. The number of hydrogen-bond acceptors (Lipinski definition) is 6. The van der Waals surface area contributed by atoms with E-state index in [1.807, 2.05) is 48.5 Å². The molecular weight excluding hydrogens is 488 g/mol. The molecule has 0 saturated heterocycles. The predicted molar refractivity (Wildman–Crippen MR) is 131 cm³/mol. The van der Waals surface area contributed by atoms with Crippen LogP contribution in [0, 0.1) is 0 Å². The van der Waals surface area contributed by atoms with Gasteiger partial charge in [0.1, 0.15) is 0 Å². The molecule has 0 spiro atoms. The van der Waals surface area contributed by atoms with Gasteiger partial charge in [0, 0.05) is 28.3 Å². The van der Waals surface area contributed by atoms with Crippen LogP contribution >= 0.6 is 27.7 Å². The second-order valence-electron chi connectivity index (χ2n) is 7.56. The summed E-state index contributed by atoms with van der Waals surface area (Å²) in [4.78, 5) is 19.2. The lowest BCUT2D eigenvalue weighted by Gasteiger charge is -2.30. The maximum absolute atomic E-state index is 12.8. The molecule has 1 atom stereocenters. The second kappa shape index (κ2) is 10.4. The lowest BCUT2D eigenvalue weighted by Crippen LogP contribution is -2.36. The van der Waals surface area contributed by atoms with E-state index in [0.29, 0.717) is 16.7 Å². The van der Waals surface area contributed by atoms with Gasteiger partial charge in [0.05, 0.1) is 5.69 Å². The quantitative estimate of drug-likeness (QED) is 0.268. The number of amides is 1. The number of thioether (sulfide) groups is 1. The number of carbonyl (C=O) groups is 1. The fourth-order valence-electron chi connectivity index (χ4n) is 3.68. The molecule has 166 valence electrons. The van der Waals surface area contributed by atoms with Gasteiger partial charge in [-0.15, -0.1) is 10.2 Å². The third-order valence-corrected chi connectivity index (χ3v) is 6.90. The van der Waals surface area contributed by atoms with Crippen molar-refractivity contribution in [2.24, 2.45) is 0 Å². The van der Waals surface area contributed by atoms with Crippen LogP contribution in [0.1, 0.15) is 51.3 Å². The standard InChI is InChI=1S/C24H25BrN4O2S/c1-3-4-5-10-15-32-24-26-22-21(27-28-24)18-12-7-9-14-20(18)29(16(2)30)23(31-22)17-11-6-8-13-19(17)25/h6-9,11-14,23H,3-5,10,15H2,1-2H3/t23-/m1/s1. The first kappa shape index (κ1) is 22.7. The third-order valence-electron chi connectivity index (χ3n) is 5.25. The van der Waals surface area contributed by atoms with Crippen LogP contribution in [0.25, 0.3) is 11.3 Å². The molecule has 1 aromatic heterocycles. The van der Waals surface area contributed by atoms with Crippen molar-refractivity contribution in [1.29, 1.82) is 0 Å². The van der Waals surface area contributed by atoms with Crippen LogP contribution in [0.3, 0.4) is 0 Å². The minimum atomic E-state index is -0.690. The van der Waals surface area contributed by atoms with Gasteiger partial charge in [0.2, 0.25) is 23.2 Å². The van der Waals surface area contributed by atoms with E-state index in [1.165, 1.54) is 26.2 Å². The van der Waals surface area contributed by atoms with Gasteiger partial charge < -0.3 is 4.74 Å². The summed E-state index contributed by atoms with van der Waals surface area (Å²) in [5, 5.41) is 9.40. The van der Waals surface area contributed by atoms with Crippen LogP contribution in [0.15, 0.2) is 58.2 Å². The molecule has 1 aliphatic rings. The number of nitrogens with zero attached hydrogens (tertiary/aromatic N) is 4. The number of para-hydroxylation sites is 1. The number of aromatic nitrogens is 3. The van der Waals surface area contributed by atoms with E-state index in [0.717, 1.165) is 33.5 Å². The zero-order valence-electron chi connectivity index (χ0n) is 18.1. The first-order chi connectivity index (χ1) is 15.6. The molecule has 4 rings (SSSR count). The molecule has 2 heterocycles. The Hall–Kier alpha value is -2.45. The molecule has 3 aromatic rings. The number of carbonyl (C=O) groups excluding carboxylic acids is 1. The highest BCUT2D eigenvalue weighted by Crippen LogP contribution is 2.44. The fourth-order valence-corrected chi connectivity index (χ4v) is 4.94. The highest BCUT2D eigenvalue weighted by Gasteiger charge is 2.35. The van der Waals surface area contributed by atoms with Crippen LogP contribution in [-0.4, -0.2) is 26.8 Å². The van der Waals surface area contributed by atoms with Crippen molar-refractivity contribution in [3.05, 3.63) is 58.6 Å². The molecule has 0 N–H and O–H groups in total. The van der Waals surface area contributed by atoms with Gasteiger partial charge in [-0.1, -0.05) is 90.3 Å². The van der Waals surface area contributed by atoms with Crippen molar-refractivity contribution in [3.63, 3.8) is 0 Å². The van der Waals surface area contributed by atoms with Gasteiger partial charge in [0.25, 0.3) is 0 Å². The molecule has 0 unspecified atom stereocenters. The van der Waals surface area contributed by atoms with Crippen LogP contribution in [0.2, 0.25) is 0 Å². The van der Waals surface area contributed by atoms with Crippen LogP contribution < -0.4 is 9.64 Å². The summed E-state index contributed by atoms with van der Waals surface area (Å²) in [6.45, 7) is 3.74. The topological polar surface area (TPSA) is 68.2 Å². The van der Waals surface area contributed by atoms with Gasteiger partial charge in [-0.25, -0.2) is 0 Å². The summed E-state index contributed by atoms with van der Waals surface area (Å²) in [7, 11) is 0. The minimum absolute atomic E-state index is 0.135. The van der Waals surface area contributed by atoms with Crippen molar-refractivity contribution < 1.29 is 9.53 Å². The summed E-state index contributed by atoms with van der Waals surface area (Å²) in [5.74, 6) is 1.18. The van der Waals surface area contributed by atoms with Crippen molar-refractivity contribution in [3.8, 4) is 17.1 Å². The van der Waals surface area contributed by atoms with E-state index < -0.39 is 6.23 Å². The van der Waals surface area contributed by atoms with Crippen molar-refractivity contribution in [2.45, 2.75) is 50.9 Å². The summed E-state index contributed by atoms with van der Waals surface area (Å²) in [5.41, 5.74) is 2.86. The first-order valence-corrected chi connectivity index (χ1v) is 12.6. The molecule has 0 radical (unpaired) electrons. The number of unbranched alkanes of at least 4 members (excludes halogenated alkanes) is 3. The van der Waals surface area contributed by atoms with E-state index in [1.54, 1.807) is 16.7 Å². The normalized spacial score (nSPS) is 14.8. The van der Waals surface area contributed by atoms with E-state index in [9.17, 15) is 4.79 Å². The number of halogens is 1. The first-order valence-electron chi connectivity index (χ1n) is 10.8. The van der Waals surface area contributed by atoms with Crippen molar-refractivity contribution in [1.82, 2.24) is 15.2 Å². The van der Waals surface area contributed by atoms with Gasteiger partial charge in [0.15, 0.2) is 5.69 Å². The Morgan fingerprint density at radius 1 is 1.09 bits per heavy atom. The molecule has 1 amide bonds. The number of rotatable bonds is 7. The Kier molecular flexibility index (Phi) is 7.42. The fraction of sp³-hybridized carbons (Fsp3) is 0.333. The summed E-state index contributed by atoms with van der Waals surface area (Å²) in [6, 6.07) is 15.4. The average Bonchev–Trinajstić information content (AvgIpc) is 2.93. The molecule has 2 aromatic carbocycles. The highest BCUT2D eigenvalue weighted by atomic mass is 79.9. The SMILES string of the molecule is CCCCCCSc1nnc2c(n1)O[C@H](c1ccccc1Br)N(C(C)=O)c1ccccc1-2. The van der Waals surface area contributed by atoms with Gasteiger partial charge in [-0.05, 0) is 18.6 Å². The van der Waals surface area contributed by atoms with E-state index >= 15 is 0 Å². The molecule has 0 fully saturated rings. The van der Waals surface area contributed by atoms with Gasteiger partial charge in [-0.3, -0.25) is 9.69 Å². The third kappa shape index (κ3) is 4.81. The van der Waals surface area contributed by atoms with Gasteiger partial charge >= 0.3 is 0 Å². The Morgan fingerprint density at radius 2 is 1.88 bits per heavy atom. The Bertz CT molecular complexity index is 1110. The van der Waals surface area contributed by atoms with Crippen molar-refractivity contribution in [2.75, 3.05) is 10.7 Å². The molecule has 0 aliphatic carbocycles.